The number of aromatic nitrogens is 2. The summed E-state index contributed by atoms with van der Waals surface area (Å²) in [7, 11) is 0. The Bertz CT molecular complexity index is 1410. The molecule has 228 valence electrons. The van der Waals surface area contributed by atoms with E-state index >= 15 is 0 Å². The van der Waals surface area contributed by atoms with Crippen molar-refractivity contribution in [2.24, 2.45) is 56.7 Å². The molecule has 9 atom stereocenters. The molecule has 4 saturated carbocycles. The summed E-state index contributed by atoms with van der Waals surface area (Å²) in [5.41, 5.74) is -0.617. The zero-order valence-electron chi connectivity index (χ0n) is 26.5. The first-order valence-electron chi connectivity index (χ1n) is 15.9. The number of hydrogen-bond donors (Lipinski definition) is 1. The van der Waals surface area contributed by atoms with Gasteiger partial charge in [-0.25, -0.2) is 14.3 Å². The van der Waals surface area contributed by atoms with Crippen molar-refractivity contribution in [3.63, 3.8) is 0 Å². The monoisotopic (exact) mass is 576 g/mol. The number of imidazole rings is 1. The lowest BCUT2D eigenvalue weighted by Crippen LogP contribution is -2.66. The van der Waals surface area contributed by atoms with Crippen LogP contribution >= 0.6 is 0 Å². The third-order valence-corrected chi connectivity index (χ3v) is 14.0. The molecule has 0 radical (unpaired) electrons. The van der Waals surface area contributed by atoms with Crippen LogP contribution in [0.5, 0.6) is 0 Å². The van der Waals surface area contributed by atoms with Gasteiger partial charge in [0.05, 0.1) is 5.41 Å². The summed E-state index contributed by atoms with van der Waals surface area (Å²) >= 11 is 0. The van der Waals surface area contributed by atoms with Crippen molar-refractivity contribution in [2.75, 3.05) is 0 Å². The molecule has 0 bridgehead atoms. The summed E-state index contributed by atoms with van der Waals surface area (Å²) in [5.74, 6) is 1.03. The predicted molar refractivity (Wildman–Crippen MR) is 159 cm³/mol. The number of Topliss-reactive ketones (excluding diaryl/α,β-unsaturated/α-hetero) is 1. The van der Waals surface area contributed by atoms with Gasteiger partial charge in [-0.15, -0.1) is 0 Å². The number of aliphatic carboxylic acids is 1. The molecule has 0 spiro atoms. The minimum Gasteiger partial charge on any atom is -0.481 e. The van der Waals surface area contributed by atoms with Gasteiger partial charge in [-0.2, -0.15) is 0 Å². The maximum Gasteiger partial charge on any atom is 0.425 e. The Morgan fingerprint density at radius 1 is 1.00 bits per heavy atom. The van der Waals surface area contributed by atoms with Gasteiger partial charge in [-0.1, -0.05) is 46.8 Å². The lowest BCUT2D eigenvalue weighted by atomic mass is 9.33. The maximum atomic E-state index is 13.9. The zero-order chi connectivity index (χ0) is 30.6. The lowest BCUT2D eigenvalue weighted by Gasteiger charge is -2.71. The van der Waals surface area contributed by atoms with Crippen LogP contribution in [0.2, 0.25) is 0 Å². The molecule has 42 heavy (non-hydrogen) atoms. The van der Waals surface area contributed by atoms with Crippen molar-refractivity contribution in [1.29, 1.82) is 0 Å². The van der Waals surface area contributed by atoms with Crippen LogP contribution in [0.15, 0.2) is 36.4 Å². The molecular weight excluding hydrogens is 528 g/mol. The molecule has 1 heterocycles. The Morgan fingerprint density at radius 2 is 1.71 bits per heavy atom. The quantitative estimate of drug-likeness (QED) is 0.372. The summed E-state index contributed by atoms with van der Waals surface area (Å²) in [6, 6.07) is 0. The molecule has 1 aromatic rings. The third-order valence-electron chi connectivity index (χ3n) is 14.0. The molecular formula is C35H48N2O5. The topological polar surface area (TPSA) is 98.5 Å². The number of rotatable bonds is 3. The number of allylic oxidation sites excluding steroid dienone is 3. The van der Waals surface area contributed by atoms with Gasteiger partial charge >= 0.3 is 12.1 Å². The summed E-state index contributed by atoms with van der Waals surface area (Å²) in [4.78, 5) is 44.0. The second-order valence-corrected chi connectivity index (χ2v) is 15.8. The fraction of sp³-hybridized carbons (Fsp3) is 0.714. The van der Waals surface area contributed by atoms with E-state index in [1.165, 1.54) is 4.57 Å². The average Bonchev–Trinajstić information content (AvgIpc) is 3.52. The van der Waals surface area contributed by atoms with E-state index in [1.807, 2.05) is 19.9 Å². The van der Waals surface area contributed by atoms with Gasteiger partial charge in [0.1, 0.15) is 5.82 Å². The minimum absolute atomic E-state index is 0.0320. The van der Waals surface area contributed by atoms with E-state index in [2.05, 4.69) is 39.3 Å². The van der Waals surface area contributed by atoms with Crippen LogP contribution in [-0.4, -0.2) is 32.5 Å². The normalized spacial score (nSPS) is 43.7. The number of ketones is 1. The molecule has 0 aliphatic heterocycles. The van der Waals surface area contributed by atoms with Gasteiger partial charge in [-0.3, -0.25) is 9.59 Å². The SMILES string of the molecule is C=C(C)[C@@H]1CC[C@]2(C(=O)O)CC[C@]3(C)C(CCC4[C@@]5(C)C=C(OC(=O)n6ccnc6C)C(=O)C(C)(C)C5CC[C@]43C)C12. The van der Waals surface area contributed by atoms with Crippen LogP contribution in [0, 0.1) is 63.6 Å². The smallest absolute Gasteiger partial charge is 0.425 e. The van der Waals surface area contributed by atoms with E-state index in [-0.39, 0.29) is 51.5 Å². The number of carbonyl (C=O) groups is 3. The predicted octanol–water partition coefficient (Wildman–Crippen LogP) is 7.59. The highest BCUT2D eigenvalue weighted by Crippen LogP contribution is 2.77. The molecule has 1 N–H and O–H groups in total. The number of hydrogen-bond acceptors (Lipinski definition) is 5. The molecule has 0 amide bonds. The van der Waals surface area contributed by atoms with Gasteiger partial charge < -0.3 is 9.84 Å². The van der Waals surface area contributed by atoms with Crippen LogP contribution in [0.4, 0.5) is 4.79 Å². The van der Waals surface area contributed by atoms with Gasteiger partial charge in [0.15, 0.2) is 5.76 Å². The molecule has 4 fully saturated rings. The summed E-state index contributed by atoms with van der Waals surface area (Å²) in [6.07, 6.45) is 11.7. The Kier molecular flexibility index (Phi) is 6.40. The second kappa shape index (κ2) is 9.15. The molecule has 5 aliphatic rings. The zero-order valence-corrected chi connectivity index (χ0v) is 26.5. The van der Waals surface area contributed by atoms with E-state index in [1.54, 1.807) is 19.3 Å². The van der Waals surface area contributed by atoms with E-state index in [0.29, 0.717) is 11.7 Å². The maximum absolute atomic E-state index is 13.9. The Labute approximate surface area is 250 Å². The Morgan fingerprint density at radius 3 is 2.33 bits per heavy atom. The van der Waals surface area contributed by atoms with Crippen molar-refractivity contribution >= 4 is 17.8 Å². The fourth-order valence-electron chi connectivity index (χ4n) is 11.8. The largest absolute Gasteiger partial charge is 0.481 e. The molecule has 0 saturated heterocycles. The molecule has 5 aliphatic carbocycles. The van der Waals surface area contributed by atoms with Crippen LogP contribution in [0.3, 0.4) is 0 Å². The summed E-state index contributed by atoms with van der Waals surface area (Å²) in [5, 5.41) is 10.6. The number of carboxylic acid groups (broad SMARTS) is 1. The Balaban J connectivity index is 1.41. The number of fused-ring (bicyclic) bond motifs is 7. The number of ether oxygens (including phenoxy) is 1. The third kappa shape index (κ3) is 3.57. The van der Waals surface area contributed by atoms with Crippen LogP contribution in [0.25, 0.3) is 0 Å². The van der Waals surface area contributed by atoms with Crippen LogP contribution < -0.4 is 0 Å². The highest BCUT2D eigenvalue weighted by Gasteiger charge is 2.72. The summed E-state index contributed by atoms with van der Waals surface area (Å²) < 4.78 is 7.22. The van der Waals surface area contributed by atoms with Crippen molar-refractivity contribution in [3.8, 4) is 0 Å². The highest BCUT2D eigenvalue weighted by molar-refractivity contribution is 6.01. The van der Waals surface area contributed by atoms with Gasteiger partial charge in [0.25, 0.3) is 0 Å². The highest BCUT2D eigenvalue weighted by atomic mass is 16.6. The van der Waals surface area contributed by atoms with Crippen LogP contribution in [-0.2, 0) is 14.3 Å². The van der Waals surface area contributed by atoms with Crippen molar-refractivity contribution in [1.82, 2.24) is 9.55 Å². The van der Waals surface area contributed by atoms with Gasteiger partial charge in [-0.05, 0) is 117 Å². The van der Waals surface area contributed by atoms with E-state index < -0.39 is 22.9 Å². The molecule has 4 unspecified atom stereocenters. The molecule has 7 heteroatoms. The van der Waals surface area contributed by atoms with E-state index in [0.717, 1.165) is 56.9 Å². The second-order valence-electron chi connectivity index (χ2n) is 15.8. The minimum atomic E-state index is -0.677. The standard InChI is InChI=1S/C35H48N2O5/c1-20(2)22-11-14-35(29(39)40)16-15-33(7)23(27(22)35)9-10-26-32(6)19-24(42-30(41)37-18-17-36-21(37)3)28(38)31(4,5)25(32)12-13-34(26,33)8/h17-19,22-23,25-27H,1,9-16H2,2-8H3,(H,39,40)/t22-,23?,25?,26?,27?,32-,33+,34+,35-/m0/s1. The molecule has 1 aromatic heterocycles. The van der Waals surface area contributed by atoms with Crippen molar-refractivity contribution in [3.05, 3.63) is 42.2 Å². The van der Waals surface area contributed by atoms with E-state index in [4.69, 9.17) is 4.74 Å². The first-order chi connectivity index (χ1) is 19.5. The van der Waals surface area contributed by atoms with Crippen molar-refractivity contribution in [2.45, 2.75) is 99.8 Å². The Hall–Kier alpha value is -2.70. The summed E-state index contributed by atoms with van der Waals surface area (Å²) in [6.45, 7) is 19.4. The van der Waals surface area contributed by atoms with Crippen molar-refractivity contribution < 1.29 is 24.2 Å². The number of carbonyl (C=O) groups excluding carboxylic acids is 2. The molecule has 7 nitrogen and oxygen atoms in total. The number of nitrogens with zero attached hydrogens (tertiary/aromatic N) is 2. The lowest BCUT2D eigenvalue weighted by molar-refractivity contribution is -0.222. The number of aryl methyl sites for hydroxylation is 1. The fourth-order valence-corrected chi connectivity index (χ4v) is 11.8. The number of carboxylic acids is 1. The van der Waals surface area contributed by atoms with Crippen LogP contribution in [0.1, 0.15) is 98.7 Å². The van der Waals surface area contributed by atoms with Gasteiger partial charge in [0, 0.05) is 17.8 Å². The molecule has 6 rings (SSSR count). The van der Waals surface area contributed by atoms with Gasteiger partial charge in [0.2, 0.25) is 5.78 Å². The van der Waals surface area contributed by atoms with E-state index in [9.17, 15) is 19.5 Å². The average molecular weight is 577 g/mol. The molecule has 0 aromatic carbocycles. The first kappa shape index (κ1) is 29.4. The first-order valence-corrected chi connectivity index (χ1v) is 15.9.